The third-order valence-electron chi connectivity index (χ3n) is 1.57. The second-order valence-electron chi connectivity index (χ2n) is 2.70. The van der Waals surface area contributed by atoms with E-state index < -0.39 is 11.0 Å². The molecule has 1 rings (SSSR count). The highest BCUT2D eigenvalue weighted by atomic mass is 79.9. The summed E-state index contributed by atoms with van der Waals surface area (Å²) in [6.45, 7) is 0. The van der Waals surface area contributed by atoms with Crippen molar-refractivity contribution in [2.45, 2.75) is 0 Å². The number of nitro benzene ring substituents is 1. The molecule has 0 fully saturated rings. The second kappa shape index (κ2) is 5.21. The van der Waals surface area contributed by atoms with Crippen molar-refractivity contribution in [3.63, 3.8) is 0 Å². The van der Waals surface area contributed by atoms with Crippen LogP contribution in [0.3, 0.4) is 0 Å². The zero-order valence-electron chi connectivity index (χ0n) is 7.88. The first-order chi connectivity index (χ1) is 7.50. The Hall–Kier alpha value is -1.96. The average Bonchev–Trinajstić information content (AvgIpc) is 2.19. The fraction of sp³-hybridized carbons (Fsp3) is 0. The van der Waals surface area contributed by atoms with Crippen LogP contribution in [0.1, 0.15) is 5.56 Å². The number of benzene rings is 1. The number of carbonyl (C=O) groups is 1. The number of primary amides is 1. The van der Waals surface area contributed by atoms with Crippen LogP contribution in [-0.4, -0.2) is 17.2 Å². The lowest BCUT2D eigenvalue weighted by atomic mass is 10.2. The minimum atomic E-state index is -0.783. The number of urea groups is 1. The van der Waals surface area contributed by atoms with E-state index in [9.17, 15) is 14.9 Å². The Morgan fingerprint density at radius 3 is 2.81 bits per heavy atom. The van der Waals surface area contributed by atoms with Crippen molar-refractivity contribution in [2.24, 2.45) is 10.8 Å². The normalized spacial score (nSPS) is 10.3. The first kappa shape index (κ1) is 12.1. The molecule has 0 saturated heterocycles. The molecule has 1 aromatic carbocycles. The maximum Gasteiger partial charge on any atom is 0.332 e. The lowest BCUT2D eigenvalue weighted by Gasteiger charge is -1.98. The third kappa shape index (κ3) is 3.31. The fourth-order valence-electron chi connectivity index (χ4n) is 0.900. The van der Waals surface area contributed by atoms with Crippen molar-refractivity contribution in [1.29, 1.82) is 0 Å². The molecule has 0 unspecified atom stereocenters. The number of carbonyl (C=O) groups excluding carboxylic acids is 1. The van der Waals surface area contributed by atoms with Crippen LogP contribution in [0.25, 0.3) is 0 Å². The van der Waals surface area contributed by atoms with Gasteiger partial charge >= 0.3 is 6.03 Å². The number of nitrogens with zero attached hydrogens (tertiary/aromatic N) is 2. The molecule has 3 N–H and O–H groups in total. The molecule has 0 aliphatic heterocycles. The summed E-state index contributed by atoms with van der Waals surface area (Å²) in [5.74, 6) is 0. The maximum absolute atomic E-state index is 10.4. The number of rotatable bonds is 3. The van der Waals surface area contributed by atoms with Gasteiger partial charge in [0.1, 0.15) is 0 Å². The Kier molecular flexibility index (Phi) is 3.95. The van der Waals surface area contributed by atoms with Crippen LogP contribution in [0, 0.1) is 10.1 Å². The van der Waals surface area contributed by atoms with E-state index in [2.05, 4.69) is 21.0 Å². The highest BCUT2D eigenvalue weighted by Crippen LogP contribution is 2.21. The van der Waals surface area contributed by atoms with E-state index in [-0.39, 0.29) is 5.69 Å². The molecule has 0 radical (unpaired) electrons. The van der Waals surface area contributed by atoms with Gasteiger partial charge in [-0.3, -0.25) is 10.1 Å². The molecule has 0 saturated carbocycles. The van der Waals surface area contributed by atoms with E-state index in [1.807, 2.05) is 5.43 Å². The van der Waals surface area contributed by atoms with Crippen LogP contribution in [0.4, 0.5) is 10.5 Å². The van der Waals surface area contributed by atoms with Gasteiger partial charge in [0.15, 0.2) is 0 Å². The second-order valence-corrected chi connectivity index (χ2v) is 3.55. The molecule has 2 amide bonds. The Labute approximate surface area is 98.6 Å². The van der Waals surface area contributed by atoms with Gasteiger partial charge in [0.05, 0.1) is 11.1 Å². The number of nitro groups is 1. The maximum atomic E-state index is 10.4. The number of hydrazone groups is 1. The van der Waals surface area contributed by atoms with Crippen LogP contribution in [0.5, 0.6) is 0 Å². The lowest BCUT2D eigenvalue weighted by molar-refractivity contribution is -0.384. The Morgan fingerprint density at radius 2 is 2.31 bits per heavy atom. The lowest BCUT2D eigenvalue weighted by Crippen LogP contribution is -2.24. The molecule has 0 atom stereocenters. The van der Waals surface area contributed by atoms with Gasteiger partial charge in [-0.25, -0.2) is 10.2 Å². The molecule has 0 bridgehead atoms. The molecule has 0 spiro atoms. The van der Waals surface area contributed by atoms with Gasteiger partial charge in [0.2, 0.25) is 0 Å². The van der Waals surface area contributed by atoms with Gasteiger partial charge < -0.3 is 5.73 Å². The average molecular weight is 287 g/mol. The molecular formula is C8H7BrN4O3. The van der Waals surface area contributed by atoms with Gasteiger partial charge in [0.25, 0.3) is 5.69 Å². The summed E-state index contributed by atoms with van der Waals surface area (Å²) in [5, 5.41) is 14.0. The minimum absolute atomic E-state index is 0.0353. The smallest absolute Gasteiger partial charge is 0.332 e. The summed E-state index contributed by atoms with van der Waals surface area (Å²) in [4.78, 5) is 20.3. The van der Waals surface area contributed by atoms with E-state index >= 15 is 0 Å². The SMILES string of the molecule is NC(=O)N/N=C\c1ccc([N+](=O)[O-])cc1Br. The third-order valence-corrected chi connectivity index (χ3v) is 2.26. The summed E-state index contributed by atoms with van der Waals surface area (Å²) < 4.78 is 0.497. The number of halogens is 1. The predicted octanol–water partition coefficient (Wildman–Crippen LogP) is 1.36. The zero-order valence-corrected chi connectivity index (χ0v) is 9.47. The highest BCUT2D eigenvalue weighted by molar-refractivity contribution is 9.10. The van der Waals surface area contributed by atoms with Crippen molar-refractivity contribution in [1.82, 2.24) is 5.43 Å². The van der Waals surface area contributed by atoms with E-state index in [4.69, 9.17) is 5.73 Å². The Balaban J connectivity index is 2.87. The van der Waals surface area contributed by atoms with Gasteiger partial charge in [-0.05, 0) is 22.0 Å². The Morgan fingerprint density at radius 1 is 1.62 bits per heavy atom. The molecule has 0 heterocycles. The number of nitrogens with two attached hydrogens (primary N) is 1. The van der Waals surface area contributed by atoms with Crippen molar-refractivity contribution in [3.8, 4) is 0 Å². The predicted molar refractivity (Wildman–Crippen MR) is 61.1 cm³/mol. The highest BCUT2D eigenvalue weighted by Gasteiger charge is 2.07. The summed E-state index contributed by atoms with van der Waals surface area (Å²) in [6.07, 6.45) is 1.32. The van der Waals surface area contributed by atoms with Gasteiger partial charge in [-0.1, -0.05) is 0 Å². The number of non-ortho nitro benzene ring substituents is 1. The van der Waals surface area contributed by atoms with Gasteiger partial charge in [-0.2, -0.15) is 5.10 Å². The molecule has 7 nitrogen and oxygen atoms in total. The molecule has 0 aromatic heterocycles. The summed E-state index contributed by atoms with van der Waals surface area (Å²) in [5.41, 5.74) is 7.35. The number of hydrogen-bond donors (Lipinski definition) is 2. The molecule has 0 aliphatic rings. The fourth-order valence-corrected chi connectivity index (χ4v) is 1.37. The first-order valence-corrected chi connectivity index (χ1v) is 4.82. The first-order valence-electron chi connectivity index (χ1n) is 4.03. The van der Waals surface area contributed by atoms with Crippen LogP contribution in [0.2, 0.25) is 0 Å². The molecular weight excluding hydrogens is 280 g/mol. The van der Waals surface area contributed by atoms with Crippen LogP contribution in [0.15, 0.2) is 27.8 Å². The number of amides is 2. The molecule has 1 aromatic rings. The zero-order chi connectivity index (χ0) is 12.1. The quantitative estimate of drug-likeness (QED) is 0.497. The standard InChI is InChI=1S/C8H7BrN4O3/c9-7-3-6(13(15)16)2-1-5(7)4-11-12-8(10)14/h1-4H,(H3,10,12,14)/b11-4-. The molecule has 8 heteroatoms. The number of nitrogens with one attached hydrogen (secondary N) is 1. The number of hydrogen-bond acceptors (Lipinski definition) is 4. The topological polar surface area (TPSA) is 111 Å². The molecule has 84 valence electrons. The molecule has 0 aliphatic carbocycles. The van der Waals surface area contributed by atoms with Gasteiger partial charge in [-0.15, -0.1) is 0 Å². The van der Waals surface area contributed by atoms with Crippen LogP contribution >= 0.6 is 15.9 Å². The molecule has 16 heavy (non-hydrogen) atoms. The largest absolute Gasteiger partial charge is 0.350 e. The van der Waals surface area contributed by atoms with Crippen LogP contribution in [-0.2, 0) is 0 Å². The summed E-state index contributed by atoms with van der Waals surface area (Å²) in [7, 11) is 0. The van der Waals surface area contributed by atoms with Crippen LogP contribution < -0.4 is 11.2 Å². The van der Waals surface area contributed by atoms with E-state index in [1.165, 1.54) is 24.4 Å². The van der Waals surface area contributed by atoms with E-state index in [0.29, 0.717) is 10.0 Å². The minimum Gasteiger partial charge on any atom is -0.350 e. The van der Waals surface area contributed by atoms with Crippen molar-refractivity contribution in [2.75, 3.05) is 0 Å². The van der Waals surface area contributed by atoms with Crippen molar-refractivity contribution in [3.05, 3.63) is 38.3 Å². The van der Waals surface area contributed by atoms with Gasteiger partial charge in [0, 0.05) is 22.2 Å². The van der Waals surface area contributed by atoms with E-state index in [0.717, 1.165) is 0 Å². The van der Waals surface area contributed by atoms with Crippen molar-refractivity contribution >= 4 is 33.9 Å². The summed E-state index contributed by atoms with van der Waals surface area (Å²) >= 11 is 3.14. The Bertz CT molecular complexity index is 461. The van der Waals surface area contributed by atoms with Crippen molar-refractivity contribution < 1.29 is 9.72 Å². The van der Waals surface area contributed by atoms with E-state index in [1.54, 1.807) is 0 Å². The monoisotopic (exact) mass is 286 g/mol. The summed E-state index contributed by atoms with van der Waals surface area (Å²) in [6, 6.07) is 3.38.